The van der Waals surface area contributed by atoms with Crippen LogP contribution in [0.15, 0.2) is 47.0 Å². The summed E-state index contributed by atoms with van der Waals surface area (Å²) < 4.78 is 19.7. The van der Waals surface area contributed by atoms with Gasteiger partial charge in [-0.15, -0.1) is 0 Å². The average molecular weight is 344 g/mol. The van der Waals surface area contributed by atoms with Gasteiger partial charge in [0.05, 0.1) is 6.20 Å². The maximum atomic E-state index is 13.9. The van der Waals surface area contributed by atoms with Crippen molar-refractivity contribution in [3.05, 3.63) is 70.6 Å². The van der Waals surface area contributed by atoms with Crippen LogP contribution in [-0.2, 0) is 19.5 Å². The fraction of sp³-hybridized carbons (Fsp3) is 0.222. The van der Waals surface area contributed by atoms with Crippen LogP contribution in [0.1, 0.15) is 16.9 Å². The maximum absolute atomic E-state index is 13.9. The molecule has 0 spiro atoms. The van der Waals surface area contributed by atoms with E-state index in [1.165, 1.54) is 5.56 Å². The summed E-state index contributed by atoms with van der Waals surface area (Å²) >= 11 is 5.77. The summed E-state index contributed by atoms with van der Waals surface area (Å²) in [6, 6.07) is 12.2. The van der Waals surface area contributed by atoms with Gasteiger partial charge in [-0.05, 0) is 23.2 Å². The van der Waals surface area contributed by atoms with Crippen molar-refractivity contribution in [2.24, 2.45) is 0 Å². The van der Waals surface area contributed by atoms with Gasteiger partial charge in [-0.3, -0.25) is 4.90 Å². The second kappa shape index (κ2) is 6.34. The Morgan fingerprint density at radius 3 is 2.92 bits per heavy atom. The monoisotopic (exact) mass is 343 g/mol. The van der Waals surface area contributed by atoms with Gasteiger partial charge in [-0.2, -0.15) is 0 Å². The van der Waals surface area contributed by atoms with Crippen LogP contribution in [0, 0.1) is 5.82 Å². The third-order valence-corrected chi connectivity index (χ3v) is 4.32. The topological polar surface area (TPSA) is 42.2 Å². The first-order valence-corrected chi connectivity index (χ1v) is 8.13. The number of hydrogen-bond donors (Lipinski definition) is 0. The molecule has 4 rings (SSSR count). The minimum Gasteiger partial charge on any atom is -0.459 e. The van der Waals surface area contributed by atoms with Gasteiger partial charge in [-0.1, -0.05) is 30.3 Å². The van der Waals surface area contributed by atoms with E-state index in [2.05, 4.69) is 27.0 Å². The molecule has 0 N–H and O–H groups in total. The second-order valence-corrected chi connectivity index (χ2v) is 6.18. The molecule has 3 aromatic rings. The molecule has 1 aromatic carbocycles. The zero-order chi connectivity index (χ0) is 16.5. The summed E-state index contributed by atoms with van der Waals surface area (Å²) in [6.07, 6.45) is 1.86. The second-order valence-electron chi connectivity index (χ2n) is 5.84. The van der Waals surface area contributed by atoms with Crippen LogP contribution < -0.4 is 0 Å². The first-order valence-electron chi connectivity index (χ1n) is 7.75. The predicted molar refractivity (Wildman–Crippen MR) is 89.0 cm³/mol. The van der Waals surface area contributed by atoms with Crippen molar-refractivity contribution >= 4 is 11.6 Å². The van der Waals surface area contributed by atoms with E-state index in [0.29, 0.717) is 5.76 Å². The Bertz CT molecular complexity index is 866. The molecule has 3 heterocycles. The Morgan fingerprint density at radius 1 is 1.25 bits per heavy atom. The molecule has 1 aliphatic heterocycles. The Balaban J connectivity index is 1.57. The van der Waals surface area contributed by atoms with Crippen LogP contribution in [0.5, 0.6) is 0 Å². The quantitative estimate of drug-likeness (QED) is 0.672. The number of hydrogen-bond acceptors (Lipinski definition) is 4. The molecule has 4 nitrogen and oxygen atoms in total. The number of nitrogens with zero attached hydrogens (tertiary/aromatic N) is 3. The van der Waals surface area contributed by atoms with Crippen LogP contribution in [0.2, 0.25) is 5.28 Å². The summed E-state index contributed by atoms with van der Waals surface area (Å²) in [7, 11) is 0. The lowest BCUT2D eigenvalue weighted by Crippen LogP contribution is -2.29. The van der Waals surface area contributed by atoms with Crippen molar-refractivity contribution in [2.75, 3.05) is 6.54 Å². The molecule has 0 saturated heterocycles. The average Bonchev–Trinajstić information content (AvgIpc) is 3.01. The highest BCUT2D eigenvalue weighted by atomic mass is 35.5. The molecular formula is C18H15ClFN3O. The van der Waals surface area contributed by atoms with Gasteiger partial charge in [0.1, 0.15) is 11.5 Å². The van der Waals surface area contributed by atoms with Crippen LogP contribution in [0.3, 0.4) is 0 Å². The van der Waals surface area contributed by atoms with Crippen molar-refractivity contribution in [1.29, 1.82) is 0 Å². The molecule has 1 aliphatic rings. The van der Waals surface area contributed by atoms with Gasteiger partial charge in [0.15, 0.2) is 11.6 Å². The van der Waals surface area contributed by atoms with Crippen molar-refractivity contribution in [2.45, 2.75) is 19.5 Å². The lowest BCUT2D eigenvalue weighted by Gasteiger charge is -2.25. The minimum absolute atomic E-state index is 0.00600. The number of fused-ring (bicyclic) bond motifs is 1. The van der Waals surface area contributed by atoms with Gasteiger partial charge >= 0.3 is 0 Å². The summed E-state index contributed by atoms with van der Waals surface area (Å²) in [4.78, 5) is 9.93. The SMILES string of the molecule is Fc1cnc(Cl)nc1-c1cc2c(o1)CCN(Cc1ccccc1)C2. The molecular weight excluding hydrogens is 329 g/mol. The number of aromatic nitrogens is 2. The Morgan fingerprint density at radius 2 is 2.08 bits per heavy atom. The molecule has 0 radical (unpaired) electrons. The van der Waals surface area contributed by atoms with Gasteiger partial charge < -0.3 is 4.42 Å². The number of halogens is 2. The van der Waals surface area contributed by atoms with E-state index in [9.17, 15) is 4.39 Å². The smallest absolute Gasteiger partial charge is 0.223 e. The highest BCUT2D eigenvalue weighted by molar-refractivity contribution is 6.28. The van der Waals surface area contributed by atoms with Crippen LogP contribution >= 0.6 is 11.6 Å². The van der Waals surface area contributed by atoms with Crippen LogP contribution in [0.25, 0.3) is 11.5 Å². The fourth-order valence-corrected chi connectivity index (χ4v) is 3.14. The molecule has 122 valence electrons. The largest absolute Gasteiger partial charge is 0.459 e. The number of rotatable bonds is 3. The number of benzene rings is 1. The summed E-state index contributed by atoms with van der Waals surface area (Å²) in [5, 5.41) is 0.00600. The highest BCUT2D eigenvalue weighted by Crippen LogP contribution is 2.30. The minimum atomic E-state index is -0.536. The first kappa shape index (κ1) is 15.3. The van der Waals surface area contributed by atoms with E-state index in [1.807, 2.05) is 24.3 Å². The zero-order valence-electron chi connectivity index (χ0n) is 12.9. The van der Waals surface area contributed by atoms with Gasteiger partial charge in [0, 0.05) is 31.6 Å². The van der Waals surface area contributed by atoms with E-state index in [4.69, 9.17) is 16.0 Å². The van der Waals surface area contributed by atoms with E-state index >= 15 is 0 Å². The molecule has 0 bridgehead atoms. The molecule has 6 heteroatoms. The lowest BCUT2D eigenvalue weighted by atomic mass is 10.1. The van der Waals surface area contributed by atoms with Crippen molar-refractivity contribution in [3.8, 4) is 11.5 Å². The zero-order valence-corrected chi connectivity index (χ0v) is 13.6. The Hall–Kier alpha value is -2.24. The summed E-state index contributed by atoms with van der Waals surface area (Å²) in [5.74, 6) is 0.762. The van der Waals surface area contributed by atoms with Crippen molar-refractivity contribution in [1.82, 2.24) is 14.9 Å². The van der Waals surface area contributed by atoms with Crippen molar-refractivity contribution in [3.63, 3.8) is 0 Å². The lowest BCUT2D eigenvalue weighted by molar-refractivity contribution is 0.234. The normalized spacial score (nSPS) is 14.6. The van der Waals surface area contributed by atoms with E-state index in [0.717, 1.165) is 43.6 Å². The van der Waals surface area contributed by atoms with Gasteiger partial charge in [0.2, 0.25) is 5.28 Å². The molecule has 0 aliphatic carbocycles. The molecule has 0 atom stereocenters. The molecule has 0 saturated carbocycles. The third kappa shape index (κ3) is 3.05. The van der Waals surface area contributed by atoms with E-state index in [1.54, 1.807) is 0 Å². The van der Waals surface area contributed by atoms with Crippen LogP contribution in [0.4, 0.5) is 4.39 Å². The first-order chi connectivity index (χ1) is 11.7. The predicted octanol–water partition coefficient (Wildman–Crippen LogP) is 4.09. The summed E-state index contributed by atoms with van der Waals surface area (Å²) in [5.41, 5.74) is 2.46. The number of furan rings is 1. The maximum Gasteiger partial charge on any atom is 0.223 e. The fourth-order valence-electron chi connectivity index (χ4n) is 3.00. The Kier molecular flexibility index (Phi) is 4.04. The van der Waals surface area contributed by atoms with E-state index in [-0.39, 0.29) is 11.0 Å². The van der Waals surface area contributed by atoms with Gasteiger partial charge in [0.25, 0.3) is 0 Å². The van der Waals surface area contributed by atoms with E-state index < -0.39 is 5.82 Å². The standard InChI is InChI=1S/C18H15ClFN3O/c19-18-21-9-14(20)17(22-18)16-8-13-11-23(7-6-15(13)24-16)10-12-4-2-1-3-5-12/h1-5,8-9H,6-7,10-11H2. The Labute approximate surface area is 143 Å². The molecule has 0 unspecified atom stereocenters. The molecule has 0 fully saturated rings. The molecule has 2 aromatic heterocycles. The van der Waals surface area contributed by atoms with Gasteiger partial charge in [-0.25, -0.2) is 14.4 Å². The molecule has 24 heavy (non-hydrogen) atoms. The third-order valence-electron chi connectivity index (χ3n) is 4.14. The highest BCUT2D eigenvalue weighted by Gasteiger charge is 2.23. The van der Waals surface area contributed by atoms with Crippen LogP contribution in [-0.4, -0.2) is 21.4 Å². The molecule has 0 amide bonds. The van der Waals surface area contributed by atoms with Crippen molar-refractivity contribution < 1.29 is 8.81 Å². The summed E-state index contributed by atoms with van der Waals surface area (Å²) in [6.45, 7) is 2.56.